The molecule has 0 N–H and O–H groups in total. The molecule has 0 aromatic carbocycles. The van der Waals surface area contributed by atoms with Crippen LogP contribution in [0.2, 0.25) is 0 Å². The number of terminal acetylenes is 1. The Hall–Kier alpha value is -0.740. The summed E-state index contributed by atoms with van der Waals surface area (Å²) in [7, 11) is 0. The molecule has 0 unspecified atom stereocenters. The van der Waals surface area contributed by atoms with Crippen LogP contribution >= 0.6 is 11.3 Å². The summed E-state index contributed by atoms with van der Waals surface area (Å²) in [4.78, 5) is 0.944. The van der Waals surface area contributed by atoms with Gasteiger partial charge in [-0.25, -0.2) is 0 Å². The van der Waals surface area contributed by atoms with Crippen molar-refractivity contribution in [3.63, 3.8) is 0 Å². The van der Waals surface area contributed by atoms with Crippen LogP contribution in [0.25, 0.3) is 0 Å². The van der Waals surface area contributed by atoms with Crippen molar-refractivity contribution in [2.75, 3.05) is 0 Å². The Morgan fingerprint density at radius 1 is 1.86 bits per heavy atom. The van der Waals surface area contributed by atoms with Crippen molar-refractivity contribution in [3.05, 3.63) is 22.4 Å². The predicted molar refractivity (Wildman–Crippen MR) is 31.1 cm³/mol. The van der Waals surface area contributed by atoms with E-state index in [9.17, 15) is 0 Å². The summed E-state index contributed by atoms with van der Waals surface area (Å²) in [6.07, 6.45) is 5.03. The molecule has 0 saturated carbocycles. The second kappa shape index (κ2) is 1.81. The van der Waals surface area contributed by atoms with Crippen LogP contribution in [0.1, 0.15) is 4.88 Å². The van der Waals surface area contributed by atoms with Crippen LogP contribution in [-0.2, 0) is 0 Å². The van der Waals surface area contributed by atoms with Crippen molar-refractivity contribution in [1.29, 1.82) is 0 Å². The van der Waals surface area contributed by atoms with Crippen molar-refractivity contribution in [3.8, 4) is 12.3 Å². The first-order valence-corrected chi connectivity index (χ1v) is 2.67. The Balaban J connectivity index is 3.04. The highest BCUT2D eigenvalue weighted by atomic mass is 32.1. The average Bonchev–Trinajstić information content (AvgIpc) is 2.14. The Labute approximate surface area is 46.8 Å². The van der Waals surface area contributed by atoms with Crippen molar-refractivity contribution in [1.82, 2.24) is 0 Å². The first-order chi connectivity index (χ1) is 3.43. The average molecular weight is 107 g/mol. The molecule has 1 aromatic rings. The molecule has 0 atom stereocenters. The lowest BCUT2D eigenvalue weighted by molar-refractivity contribution is 1.94. The van der Waals surface area contributed by atoms with Crippen LogP contribution in [0.15, 0.2) is 12.1 Å². The minimum absolute atomic E-state index is 0.944. The van der Waals surface area contributed by atoms with Crippen LogP contribution in [0.4, 0.5) is 0 Å². The molecule has 0 spiro atoms. The van der Waals surface area contributed by atoms with Crippen molar-refractivity contribution >= 4 is 11.3 Å². The molecule has 0 saturated heterocycles. The topological polar surface area (TPSA) is 0 Å². The fourth-order valence-corrected chi connectivity index (χ4v) is 0.777. The minimum atomic E-state index is 0.944. The summed E-state index contributed by atoms with van der Waals surface area (Å²) < 4.78 is 0. The highest BCUT2D eigenvalue weighted by Gasteiger charge is 1.80. The first-order valence-electron chi connectivity index (χ1n) is 1.86. The molecule has 0 nitrogen and oxygen atoms in total. The SMILES string of the molecule is C#Cc1cc[c]s1. The summed E-state index contributed by atoms with van der Waals surface area (Å²) in [5, 5.41) is 2.88. The second-order valence-electron chi connectivity index (χ2n) is 1.06. The van der Waals surface area contributed by atoms with Crippen molar-refractivity contribution < 1.29 is 0 Å². The first kappa shape index (κ1) is 4.42. The van der Waals surface area contributed by atoms with E-state index in [2.05, 4.69) is 11.3 Å². The fourth-order valence-electron chi connectivity index (χ4n) is 0.319. The Morgan fingerprint density at radius 2 is 2.71 bits per heavy atom. The van der Waals surface area contributed by atoms with Gasteiger partial charge in [-0.1, -0.05) is 5.92 Å². The van der Waals surface area contributed by atoms with E-state index < -0.39 is 0 Å². The van der Waals surface area contributed by atoms with E-state index in [0.717, 1.165) is 4.88 Å². The van der Waals surface area contributed by atoms with Gasteiger partial charge < -0.3 is 0 Å². The molecule has 0 amide bonds. The minimum Gasteiger partial charge on any atom is -0.126 e. The van der Waals surface area contributed by atoms with E-state index in [0.29, 0.717) is 0 Å². The summed E-state index contributed by atoms with van der Waals surface area (Å²) >= 11 is 1.46. The lowest BCUT2D eigenvalue weighted by Crippen LogP contribution is -1.50. The molecule has 1 aromatic heterocycles. The molecule has 1 radical (unpaired) electrons. The van der Waals surface area contributed by atoms with Gasteiger partial charge in [-0.05, 0) is 12.1 Å². The zero-order valence-electron chi connectivity index (χ0n) is 3.64. The molecule has 0 aliphatic heterocycles. The van der Waals surface area contributed by atoms with Gasteiger partial charge in [-0.15, -0.1) is 17.8 Å². The second-order valence-corrected chi connectivity index (χ2v) is 1.94. The molecule has 1 rings (SSSR count). The molecule has 1 heterocycles. The summed E-state index contributed by atoms with van der Waals surface area (Å²) in [6, 6.07) is 3.69. The van der Waals surface area contributed by atoms with Crippen LogP contribution in [0, 0.1) is 17.7 Å². The lowest BCUT2D eigenvalue weighted by Gasteiger charge is -1.66. The zero-order valence-corrected chi connectivity index (χ0v) is 4.46. The van der Waals surface area contributed by atoms with Gasteiger partial charge in [-0.3, -0.25) is 0 Å². The number of hydrogen-bond acceptors (Lipinski definition) is 1. The summed E-state index contributed by atoms with van der Waals surface area (Å²) in [5.74, 6) is 2.49. The molecule has 0 bridgehead atoms. The fraction of sp³-hybridized carbons (Fsp3) is 0. The van der Waals surface area contributed by atoms with Gasteiger partial charge in [0.2, 0.25) is 0 Å². The standard InChI is InChI=1S/C6H3S/c1-2-6-4-3-5-7-6/h1,3-4H. The highest BCUT2D eigenvalue weighted by molar-refractivity contribution is 7.10. The van der Waals surface area contributed by atoms with Gasteiger partial charge in [0.05, 0.1) is 4.88 Å². The predicted octanol–water partition coefficient (Wildman–Crippen LogP) is 1.53. The van der Waals surface area contributed by atoms with Crippen LogP contribution in [-0.4, -0.2) is 0 Å². The highest BCUT2D eigenvalue weighted by Crippen LogP contribution is 2.03. The molecule has 0 aliphatic rings. The smallest absolute Gasteiger partial charge is 0.0772 e. The van der Waals surface area contributed by atoms with Crippen molar-refractivity contribution in [2.24, 2.45) is 0 Å². The zero-order chi connectivity index (χ0) is 5.11. The normalized spacial score (nSPS) is 7.86. The van der Waals surface area contributed by atoms with E-state index in [1.807, 2.05) is 12.1 Å². The molecular weight excluding hydrogens is 104 g/mol. The van der Waals surface area contributed by atoms with Crippen LogP contribution < -0.4 is 0 Å². The third-order valence-corrected chi connectivity index (χ3v) is 1.34. The molecule has 0 fully saturated rings. The van der Waals surface area contributed by atoms with E-state index in [1.54, 1.807) is 0 Å². The van der Waals surface area contributed by atoms with Gasteiger partial charge in [0.1, 0.15) is 0 Å². The summed E-state index contributed by atoms with van der Waals surface area (Å²) in [5.41, 5.74) is 0. The Bertz CT molecular complexity index is 167. The maximum atomic E-state index is 5.03. The maximum absolute atomic E-state index is 5.03. The quantitative estimate of drug-likeness (QED) is 0.441. The lowest BCUT2D eigenvalue weighted by atomic mass is 10.5. The van der Waals surface area contributed by atoms with Gasteiger partial charge in [0.15, 0.2) is 0 Å². The monoisotopic (exact) mass is 107 g/mol. The Kier molecular flexibility index (Phi) is 1.14. The van der Waals surface area contributed by atoms with Gasteiger partial charge >= 0.3 is 0 Å². The Morgan fingerprint density at radius 3 is 3.00 bits per heavy atom. The van der Waals surface area contributed by atoms with E-state index in [-0.39, 0.29) is 0 Å². The molecule has 0 aliphatic carbocycles. The third-order valence-electron chi connectivity index (χ3n) is 0.614. The van der Waals surface area contributed by atoms with E-state index >= 15 is 0 Å². The number of thiophene rings is 1. The third kappa shape index (κ3) is 0.819. The molecular formula is C6H3S. The van der Waals surface area contributed by atoms with Crippen LogP contribution in [0.3, 0.4) is 0 Å². The maximum Gasteiger partial charge on any atom is 0.0772 e. The largest absolute Gasteiger partial charge is 0.126 e. The number of rotatable bonds is 0. The van der Waals surface area contributed by atoms with Crippen molar-refractivity contribution in [2.45, 2.75) is 0 Å². The van der Waals surface area contributed by atoms with Gasteiger partial charge in [-0.2, -0.15) is 0 Å². The molecule has 33 valence electrons. The van der Waals surface area contributed by atoms with E-state index in [4.69, 9.17) is 6.42 Å². The van der Waals surface area contributed by atoms with E-state index in [1.165, 1.54) is 11.3 Å². The molecule has 1 heteroatoms. The summed E-state index contributed by atoms with van der Waals surface area (Å²) in [6.45, 7) is 0. The molecule has 7 heavy (non-hydrogen) atoms. The van der Waals surface area contributed by atoms with Gasteiger partial charge in [0, 0.05) is 5.38 Å². The van der Waals surface area contributed by atoms with Gasteiger partial charge in [0.25, 0.3) is 0 Å². The number of hydrogen-bond donors (Lipinski definition) is 0. The van der Waals surface area contributed by atoms with Crippen LogP contribution in [0.5, 0.6) is 0 Å².